The highest BCUT2D eigenvalue weighted by Gasteiger charge is 2.14. The van der Waals surface area contributed by atoms with E-state index in [0.29, 0.717) is 0 Å². The Morgan fingerprint density at radius 1 is 1.24 bits per heavy atom. The summed E-state index contributed by atoms with van der Waals surface area (Å²) in [6.07, 6.45) is -1.17. The molecule has 1 amide bonds. The number of nitrogens with one attached hydrogen (secondary N) is 2. The van der Waals surface area contributed by atoms with Crippen molar-refractivity contribution in [2.24, 2.45) is 0 Å². The summed E-state index contributed by atoms with van der Waals surface area (Å²) in [5, 5.41) is 0. The van der Waals surface area contributed by atoms with Crippen LogP contribution >= 0.6 is 0 Å². The average Bonchev–Trinajstić information content (AvgIpc) is 2.27. The molecular formula is C10H14N2O4S. The molecule has 0 fully saturated rings. The number of sulfonamides is 1. The first-order valence-electron chi connectivity index (χ1n) is 4.95. The normalized spacial score (nSPS) is 11.2. The third-order valence-corrected chi connectivity index (χ3v) is 2.95. The van der Waals surface area contributed by atoms with Crippen molar-refractivity contribution in [1.29, 1.82) is 0 Å². The minimum Gasteiger partial charge on any atom is -0.446 e. The smallest absolute Gasteiger partial charge is 0.422 e. The van der Waals surface area contributed by atoms with Crippen molar-refractivity contribution in [2.45, 2.75) is 24.8 Å². The minimum absolute atomic E-state index is 0.0600. The van der Waals surface area contributed by atoms with Crippen LogP contribution in [0.5, 0.6) is 0 Å². The van der Waals surface area contributed by atoms with Crippen LogP contribution in [-0.4, -0.2) is 20.6 Å². The molecule has 1 aromatic rings. The van der Waals surface area contributed by atoms with Gasteiger partial charge in [0.2, 0.25) is 0 Å². The Morgan fingerprint density at radius 3 is 2.35 bits per heavy atom. The van der Waals surface area contributed by atoms with Gasteiger partial charge in [-0.3, -0.25) is 0 Å². The van der Waals surface area contributed by atoms with Crippen molar-refractivity contribution in [2.75, 3.05) is 0 Å². The molecule has 6 nitrogen and oxygen atoms in total. The molecule has 0 unspecified atom stereocenters. The number of amides is 1. The zero-order chi connectivity index (χ0) is 12.9. The van der Waals surface area contributed by atoms with Crippen LogP contribution in [0.15, 0.2) is 35.2 Å². The van der Waals surface area contributed by atoms with Gasteiger partial charge in [0.25, 0.3) is 10.0 Å². The first-order valence-corrected chi connectivity index (χ1v) is 6.43. The highest BCUT2D eigenvalue weighted by molar-refractivity contribution is 7.89. The van der Waals surface area contributed by atoms with Gasteiger partial charge in [0.15, 0.2) is 0 Å². The first kappa shape index (κ1) is 13.5. The fourth-order valence-corrected chi connectivity index (χ4v) is 1.86. The predicted molar refractivity (Wildman–Crippen MR) is 61.5 cm³/mol. The molecule has 0 radical (unpaired) electrons. The Labute approximate surface area is 100.0 Å². The van der Waals surface area contributed by atoms with Gasteiger partial charge in [0, 0.05) is 0 Å². The highest BCUT2D eigenvalue weighted by atomic mass is 32.2. The van der Waals surface area contributed by atoms with Crippen molar-refractivity contribution in [3.05, 3.63) is 30.3 Å². The Bertz CT molecular complexity index is 470. The molecule has 17 heavy (non-hydrogen) atoms. The second-order valence-corrected chi connectivity index (χ2v) is 5.18. The number of ether oxygens (including phenoxy) is 1. The molecule has 1 rings (SSSR count). The van der Waals surface area contributed by atoms with Crippen LogP contribution in [0.25, 0.3) is 0 Å². The van der Waals surface area contributed by atoms with E-state index in [1.807, 2.05) is 10.3 Å². The number of carbonyl (C=O) groups is 1. The first-order chi connectivity index (χ1) is 7.92. The van der Waals surface area contributed by atoms with Gasteiger partial charge in [-0.05, 0) is 26.0 Å². The van der Waals surface area contributed by atoms with E-state index < -0.39 is 16.1 Å². The molecule has 7 heteroatoms. The van der Waals surface area contributed by atoms with Crippen LogP contribution in [0.3, 0.4) is 0 Å². The second kappa shape index (κ2) is 5.65. The lowest BCUT2D eigenvalue weighted by Gasteiger charge is -2.10. The topological polar surface area (TPSA) is 84.5 Å². The largest absolute Gasteiger partial charge is 0.446 e. The SMILES string of the molecule is CC(C)OC(=O)NNS(=O)(=O)c1ccccc1. The molecule has 2 N–H and O–H groups in total. The number of carbonyl (C=O) groups excluding carboxylic acids is 1. The summed E-state index contributed by atoms with van der Waals surface area (Å²) < 4.78 is 28.0. The summed E-state index contributed by atoms with van der Waals surface area (Å²) in [4.78, 5) is 13.1. The molecule has 0 aliphatic heterocycles. The Kier molecular flexibility index (Phi) is 4.47. The average molecular weight is 258 g/mol. The Hall–Kier alpha value is -1.60. The second-order valence-electron chi connectivity index (χ2n) is 3.50. The molecule has 0 aliphatic carbocycles. The van der Waals surface area contributed by atoms with Crippen LogP contribution < -0.4 is 10.3 Å². The lowest BCUT2D eigenvalue weighted by atomic mass is 10.4. The zero-order valence-electron chi connectivity index (χ0n) is 9.51. The maximum absolute atomic E-state index is 11.6. The molecule has 0 spiro atoms. The summed E-state index contributed by atoms with van der Waals surface area (Å²) in [7, 11) is -3.75. The number of hydrogen-bond acceptors (Lipinski definition) is 4. The molecule has 1 aromatic carbocycles. The molecule has 0 atom stereocenters. The Balaban J connectivity index is 2.60. The van der Waals surface area contributed by atoms with Crippen LogP contribution in [0.4, 0.5) is 4.79 Å². The van der Waals surface area contributed by atoms with Crippen LogP contribution in [0.1, 0.15) is 13.8 Å². The van der Waals surface area contributed by atoms with E-state index in [2.05, 4.69) is 0 Å². The van der Waals surface area contributed by atoms with Gasteiger partial charge in [-0.15, -0.1) is 4.83 Å². The summed E-state index contributed by atoms with van der Waals surface area (Å²) in [6.45, 7) is 3.32. The summed E-state index contributed by atoms with van der Waals surface area (Å²) in [5.41, 5.74) is 1.95. The monoisotopic (exact) mass is 258 g/mol. The van der Waals surface area contributed by atoms with Gasteiger partial charge in [0.05, 0.1) is 11.0 Å². The number of hydrogen-bond donors (Lipinski definition) is 2. The van der Waals surface area contributed by atoms with E-state index in [0.717, 1.165) is 0 Å². The van der Waals surface area contributed by atoms with Crippen LogP contribution in [0.2, 0.25) is 0 Å². The number of benzene rings is 1. The van der Waals surface area contributed by atoms with E-state index in [9.17, 15) is 13.2 Å². The van der Waals surface area contributed by atoms with Gasteiger partial charge >= 0.3 is 6.09 Å². The van der Waals surface area contributed by atoms with Gasteiger partial charge in [-0.25, -0.2) is 18.6 Å². The van der Waals surface area contributed by atoms with E-state index in [4.69, 9.17) is 4.74 Å². The molecule has 0 saturated carbocycles. The molecular weight excluding hydrogens is 244 g/mol. The van der Waals surface area contributed by atoms with Crippen molar-refractivity contribution in [1.82, 2.24) is 10.3 Å². The highest BCUT2D eigenvalue weighted by Crippen LogP contribution is 2.05. The van der Waals surface area contributed by atoms with Crippen LogP contribution in [-0.2, 0) is 14.8 Å². The molecule has 0 heterocycles. The molecule has 0 aromatic heterocycles. The summed E-state index contributed by atoms with van der Waals surface area (Å²) >= 11 is 0. The lowest BCUT2D eigenvalue weighted by molar-refractivity contribution is 0.114. The molecule has 0 bridgehead atoms. The lowest BCUT2D eigenvalue weighted by Crippen LogP contribution is -2.42. The number of rotatable bonds is 4. The quantitative estimate of drug-likeness (QED) is 0.789. The van der Waals surface area contributed by atoms with E-state index >= 15 is 0 Å². The summed E-state index contributed by atoms with van der Waals surface area (Å²) in [6, 6.07) is 7.69. The number of hydrazine groups is 1. The van der Waals surface area contributed by atoms with E-state index in [-0.39, 0.29) is 11.0 Å². The minimum atomic E-state index is -3.75. The van der Waals surface area contributed by atoms with Crippen molar-refractivity contribution >= 4 is 16.1 Å². The summed E-state index contributed by atoms with van der Waals surface area (Å²) in [5.74, 6) is 0. The maximum atomic E-state index is 11.6. The standard InChI is InChI=1S/C10H14N2O4S/c1-8(2)16-10(13)11-12-17(14,15)9-6-4-3-5-7-9/h3-8,12H,1-2H3,(H,11,13). The fourth-order valence-electron chi connectivity index (χ4n) is 1.01. The zero-order valence-corrected chi connectivity index (χ0v) is 10.3. The maximum Gasteiger partial charge on any atom is 0.422 e. The Morgan fingerprint density at radius 2 is 1.82 bits per heavy atom. The van der Waals surface area contributed by atoms with Crippen molar-refractivity contribution < 1.29 is 17.9 Å². The van der Waals surface area contributed by atoms with Crippen molar-refractivity contribution in [3.63, 3.8) is 0 Å². The van der Waals surface area contributed by atoms with Gasteiger partial charge in [-0.1, -0.05) is 18.2 Å². The molecule has 94 valence electrons. The fraction of sp³-hybridized carbons (Fsp3) is 0.300. The van der Waals surface area contributed by atoms with Gasteiger partial charge in [-0.2, -0.15) is 0 Å². The predicted octanol–water partition coefficient (Wildman–Crippen LogP) is 1.01. The van der Waals surface area contributed by atoms with Crippen molar-refractivity contribution in [3.8, 4) is 0 Å². The van der Waals surface area contributed by atoms with Crippen LogP contribution in [0, 0.1) is 0 Å². The van der Waals surface area contributed by atoms with E-state index in [1.54, 1.807) is 32.0 Å². The van der Waals surface area contributed by atoms with Gasteiger partial charge in [0.1, 0.15) is 0 Å². The third kappa shape index (κ3) is 4.41. The third-order valence-electron chi connectivity index (χ3n) is 1.68. The van der Waals surface area contributed by atoms with Gasteiger partial charge < -0.3 is 4.74 Å². The molecule has 0 aliphatic rings. The molecule has 0 saturated heterocycles. The van der Waals surface area contributed by atoms with E-state index in [1.165, 1.54) is 12.1 Å².